The Morgan fingerprint density at radius 2 is 1.53 bits per heavy atom. The minimum absolute atomic E-state index is 0.0566. The van der Waals surface area contributed by atoms with Crippen LogP contribution in [0.4, 0.5) is 11.4 Å². The summed E-state index contributed by atoms with van der Waals surface area (Å²) >= 11 is 0. The number of amides is 2. The number of carbonyl (C=O) groups is 2. The van der Waals surface area contributed by atoms with Crippen molar-refractivity contribution in [3.8, 4) is 0 Å². The van der Waals surface area contributed by atoms with Crippen LogP contribution in [0.2, 0.25) is 0 Å². The number of aromatic nitrogens is 2. The van der Waals surface area contributed by atoms with Crippen LogP contribution in [-0.4, -0.2) is 69.9 Å². The fourth-order valence-corrected chi connectivity index (χ4v) is 13.5. The number of nitrogens with zero attached hydrogens (tertiary/aromatic N) is 3. The molecule has 2 atom stereocenters. The maximum Gasteiger partial charge on any atom is 0.251 e. The van der Waals surface area contributed by atoms with Gasteiger partial charge in [0, 0.05) is 117 Å². The number of nitrogens with one attached hydrogen (secondary N) is 2. The van der Waals surface area contributed by atoms with Crippen molar-refractivity contribution in [2.45, 2.75) is 104 Å². The van der Waals surface area contributed by atoms with Gasteiger partial charge in [-0.15, -0.1) is 0 Å². The zero-order chi connectivity index (χ0) is 50.9. The number of hydrogen-bond acceptors (Lipinski definition) is 4. The molecule has 0 spiro atoms. The van der Waals surface area contributed by atoms with E-state index in [1.807, 2.05) is 12.1 Å². The minimum atomic E-state index is -0.273. The van der Waals surface area contributed by atoms with E-state index in [4.69, 9.17) is 0 Å². The van der Waals surface area contributed by atoms with E-state index in [0.717, 1.165) is 60.8 Å². The van der Waals surface area contributed by atoms with Gasteiger partial charge in [-0.2, -0.15) is 4.58 Å². The third-order valence-electron chi connectivity index (χ3n) is 15.6. The molecule has 2 aliphatic carbocycles. The molecule has 2 amide bonds. The molecular weight excluding hydrogens is 925 g/mol. The number of aryl methyl sites for hydroxylation is 2. The van der Waals surface area contributed by atoms with E-state index >= 15 is 0 Å². The number of rotatable bonds is 18. The smallest absolute Gasteiger partial charge is 0.251 e. The molecule has 4 aromatic carbocycles. The predicted octanol–water partition coefficient (Wildman–Crippen LogP) is 12.7. The highest BCUT2D eigenvalue weighted by Crippen LogP contribution is 2.42. The van der Waals surface area contributed by atoms with Crippen molar-refractivity contribution in [3.05, 3.63) is 159 Å². The lowest BCUT2D eigenvalue weighted by molar-refractivity contribution is -0.540. The molecule has 0 saturated carbocycles. The second-order valence-corrected chi connectivity index (χ2v) is 23.8. The van der Waals surface area contributed by atoms with E-state index in [0.29, 0.717) is 36.1 Å². The van der Waals surface area contributed by atoms with Crippen molar-refractivity contribution in [1.29, 1.82) is 0 Å². The number of benzene rings is 4. The van der Waals surface area contributed by atoms with Gasteiger partial charge in [-0.05, 0) is 136 Å². The summed E-state index contributed by atoms with van der Waals surface area (Å²) in [5.41, 5.74) is 17.6. The Morgan fingerprint density at radius 1 is 0.833 bits per heavy atom. The highest BCUT2D eigenvalue weighted by molar-refractivity contribution is 8.76. The Kier molecular flexibility index (Phi) is 15.1. The fourth-order valence-electron chi connectivity index (χ4n) is 11.6. The van der Waals surface area contributed by atoms with Crippen LogP contribution in [0.5, 0.6) is 0 Å². The zero-order valence-corrected chi connectivity index (χ0v) is 45.8. The number of nitrogens with two attached hydrogens (primary N) is 1. The number of quaternary nitrogens is 1. The van der Waals surface area contributed by atoms with E-state index < -0.39 is 0 Å². The molecule has 0 radical (unpaired) electrons. The molecule has 8 nitrogen and oxygen atoms in total. The summed E-state index contributed by atoms with van der Waals surface area (Å²) in [7, 11) is 7.63. The maximum absolute atomic E-state index is 13.5. The van der Waals surface area contributed by atoms with Crippen molar-refractivity contribution in [1.82, 2.24) is 19.8 Å². The molecule has 6 aromatic rings. The predicted molar refractivity (Wildman–Crippen MR) is 308 cm³/mol. The molecule has 2 aromatic heterocycles. The van der Waals surface area contributed by atoms with Crippen molar-refractivity contribution >= 4 is 90.5 Å². The Bertz CT molecular complexity index is 3230. The summed E-state index contributed by atoms with van der Waals surface area (Å²) in [6.07, 6.45) is 19.1. The molecule has 0 fully saturated rings. The summed E-state index contributed by atoms with van der Waals surface area (Å²) in [4.78, 5) is 26.9. The molecule has 0 bridgehead atoms. The van der Waals surface area contributed by atoms with Crippen LogP contribution in [0, 0.1) is 5.92 Å². The third kappa shape index (κ3) is 9.86. The van der Waals surface area contributed by atoms with E-state index in [1.54, 1.807) is 21.6 Å². The van der Waals surface area contributed by atoms with Gasteiger partial charge >= 0.3 is 0 Å². The van der Waals surface area contributed by atoms with Crippen molar-refractivity contribution < 1.29 is 19.5 Å². The van der Waals surface area contributed by atoms with Crippen LogP contribution in [0.3, 0.4) is 0 Å². The summed E-state index contributed by atoms with van der Waals surface area (Å²) in [6, 6.07) is 27.9. The molecule has 4 N–H and O–H groups in total. The van der Waals surface area contributed by atoms with Crippen LogP contribution in [0.25, 0.3) is 40.0 Å². The first-order valence-corrected chi connectivity index (χ1v) is 28.6. The largest absolute Gasteiger partial charge is 0.351 e. The van der Waals surface area contributed by atoms with Crippen LogP contribution in [0.15, 0.2) is 109 Å². The van der Waals surface area contributed by atoms with E-state index in [9.17, 15) is 9.59 Å². The Hall–Kier alpha value is -5.81. The molecule has 10 heteroatoms. The number of para-hydroxylation sites is 1. The maximum atomic E-state index is 13.5. The summed E-state index contributed by atoms with van der Waals surface area (Å²) < 4.78 is 7.20. The molecule has 3 heterocycles. The van der Waals surface area contributed by atoms with E-state index in [2.05, 4.69) is 208 Å². The highest BCUT2D eigenvalue weighted by atomic mass is 33.1. The van der Waals surface area contributed by atoms with Gasteiger partial charge in [0.15, 0.2) is 5.71 Å². The lowest BCUT2D eigenvalue weighted by Crippen LogP contribution is -2.73. The average Bonchev–Trinajstić information content (AvgIpc) is 3.94. The Balaban J connectivity index is 0.735. The summed E-state index contributed by atoms with van der Waals surface area (Å²) in [5, 5.41) is 11.1. The molecule has 2 unspecified atom stereocenters. The van der Waals surface area contributed by atoms with Gasteiger partial charge in [-0.1, -0.05) is 97.9 Å². The lowest BCUT2D eigenvalue weighted by atomic mass is 9.79. The average molecular weight is 999 g/mol. The molecular formula is C62H74N6O2S2+2. The first-order chi connectivity index (χ1) is 34.7. The second-order valence-electron chi connectivity index (χ2n) is 21.1. The summed E-state index contributed by atoms with van der Waals surface area (Å²) in [6.45, 7) is 21.2. The van der Waals surface area contributed by atoms with Gasteiger partial charge in [-0.3, -0.25) is 9.59 Å². The fraction of sp³-hybridized carbons (Fsp3) is 0.371. The van der Waals surface area contributed by atoms with Gasteiger partial charge in [0.05, 0.1) is 12.5 Å². The zero-order valence-electron chi connectivity index (χ0n) is 44.1. The van der Waals surface area contributed by atoms with Crippen LogP contribution < -0.4 is 16.0 Å². The van der Waals surface area contributed by atoms with Gasteiger partial charge < -0.3 is 25.1 Å². The second kappa shape index (κ2) is 21.3. The van der Waals surface area contributed by atoms with Crippen molar-refractivity contribution in [2.24, 2.45) is 5.92 Å². The number of hydrogen-bond donors (Lipinski definition) is 3. The van der Waals surface area contributed by atoms with Crippen molar-refractivity contribution in [3.63, 3.8) is 0 Å². The molecule has 1 aliphatic heterocycles. The third-order valence-corrected chi connectivity index (χ3v) is 18.0. The minimum Gasteiger partial charge on any atom is -0.351 e. The van der Waals surface area contributed by atoms with Crippen LogP contribution in [-0.2, 0) is 30.3 Å². The van der Waals surface area contributed by atoms with Crippen LogP contribution >= 0.6 is 21.6 Å². The standard InChI is InChI=1S/C62H72N6O2S2/c1-11-67-53-27-22-42(36-48(53)58-40(3)17-15-21-55(58)67)18-16-30-61(5,6)49-38-44(23-26-51(49)63-9)59(69)64-31-33-71-72-34-32-65-60(70)45-24-28-54-50(39-45)62(7,8)57(66(54)10)29-25-43-37-47-46-19-13-14-20-52(46)68(12-2)56(47)35-41(43)4/h13-16,18-29,36-41H,11-12,17,30-35H2,1-10H3,(H2-,63,64,65,69,70)/p+2. The van der Waals surface area contributed by atoms with E-state index in [1.165, 1.54) is 66.7 Å². The highest BCUT2D eigenvalue weighted by Gasteiger charge is 2.43. The number of carbonyl (C=O) groups excluding carboxylic acids is 2. The number of allylic oxidation sites excluding steroid dienone is 5. The lowest BCUT2D eigenvalue weighted by Gasteiger charge is -2.25. The molecule has 374 valence electrons. The van der Waals surface area contributed by atoms with E-state index in [-0.39, 0.29) is 22.6 Å². The van der Waals surface area contributed by atoms with Gasteiger partial charge in [0.2, 0.25) is 5.69 Å². The molecule has 72 heavy (non-hydrogen) atoms. The molecule has 3 aliphatic rings. The first-order valence-electron chi connectivity index (χ1n) is 26.2. The Labute approximate surface area is 435 Å². The Morgan fingerprint density at radius 3 is 2.25 bits per heavy atom. The van der Waals surface area contributed by atoms with Crippen molar-refractivity contribution in [2.75, 3.05) is 38.7 Å². The topological polar surface area (TPSA) is 87.7 Å². The van der Waals surface area contributed by atoms with Crippen LogP contribution in [0.1, 0.15) is 134 Å². The normalized spacial score (nSPS) is 17.3. The first kappa shape index (κ1) is 51.1. The van der Waals surface area contributed by atoms with Gasteiger partial charge in [0.1, 0.15) is 12.7 Å². The van der Waals surface area contributed by atoms with Gasteiger partial charge in [-0.25, -0.2) is 0 Å². The number of fused-ring (bicyclic) bond motifs is 7. The monoisotopic (exact) mass is 999 g/mol. The SMILES string of the molecule is CCn1c2c(c3cc(C=CCC(C)(C)c4cc(C(=O)NCCSSCCNC(=O)c5ccc6c(c5)C(C)(C)C(C=CC5=Cc7c(n(CC)c8ccccc78)CC5C)=[N+]6C)ccc4[NH2+]C)ccc31)C(C)CC=C2. The summed E-state index contributed by atoms with van der Waals surface area (Å²) in [5.74, 6) is 2.34. The van der Waals surface area contributed by atoms with Gasteiger partial charge in [0.25, 0.3) is 11.8 Å². The molecule has 0 saturated heterocycles. The quantitative estimate of drug-likeness (QED) is 0.0346. The molecule has 9 rings (SSSR count).